The molecule has 0 unspecified atom stereocenters. The van der Waals surface area contributed by atoms with Crippen LogP contribution in [0.15, 0.2) is 79.0 Å². The van der Waals surface area contributed by atoms with Gasteiger partial charge in [0.25, 0.3) is 0 Å². The number of fused-ring (bicyclic) bond motifs is 1. The van der Waals surface area contributed by atoms with Crippen LogP contribution in [0.25, 0.3) is 38.0 Å². The van der Waals surface area contributed by atoms with E-state index in [-0.39, 0.29) is 0 Å². The Hall–Kier alpha value is -3.31. The third kappa shape index (κ3) is 2.92. The van der Waals surface area contributed by atoms with Gasteiger partial charge in [-0.15, -0.1) is 11.3 Å². The van der Waals surface area contributed by atoms with Gasteiger partial charge in [0.1, 0.15) is 5.01 Å². The molecule has 0 spiro atoms. The SMILES string of the molecule is Cc1nc(-c2ccccc2)sc1-c1ccn2nc(-c3ccccc3)cc2n1. The highest BCUT2D eigenvalue weighted by molar-refractivity contribution is 7.18. The Morgan fingerprint density at radius 2 is 1.48 bits per heavy atom. The first-order valence-corrected chi connectivity index (χ1v) is 9.55. The van der Waals surface area contributed by atoms with Crippen molar-refractivity contribution in [2.24, 2.45) is 0 Å². The van der Waals surface area contributed by atoms with Crippen LogP contribution in [0.1, 0.15) is 5.69 Å². The number of nitrogens with zero attached hydrogens (tertiary/aromatic N) is 4. The number of hydrogen-bond donors (Lipinski definition) is 0. The first-order chi connectivity index (χ1) is 13.3. The molecule has 0 bridgehead atoms. The standard InChI is InChI=1S/C22H16N4S/c1-15-21(27-22(23-15)17-10-6-3-7-11-17)18-12-13-26-20(24-18)14-19(25-26)16-8-4-2-5-9-16/h2-14H,1H3. The monoisotopic (exact) mass is 368 g/mol. The Labute approximate surface area is 160 Å². The third-order valence-electron chi connectivity index (χ3n) is 4.44. The molecule has 0 aliphatic rings. The van der Waals surface area contributed by atoms with Gasteiger partial charge in [0.2, 0.25) is 0 Å². The van der Waals surface area contributed by atoms with Gasteiger partial charge < -0.3 is 0 Å². The maximum Gasteiger partial charge on any atom is 0.156 e. The molecular weight excluding hydrogens is 352 g/mol. The molecule has 0 aliphatic carbocycles. The van der Waals surface area contributed by atoms with Crippen molar-refractivity contribution in [3.8, 4) is 32.4 Å². The summed E-state index contributed by atoms with van der Waals surface area (Å²) in [6.45, 7) is 2.04. The van der Waals surface area contributed by atoms with E-state index in [4.69, 9.17) is 9.97 Å². The first-order valence-electron chi connectivity index (χ1n) is 8.73. The van der Waals surface area contributed by atoms with Gasteiger partial charge in [-0.25, -0.2) is 14.5 Å². The Bertz CT molecular complexity index is 1220. The average molecular weight is 368 g/mol. The molecule has 4 nitrogen and oxygen atoms in total. The summed E-state index contributed by atoms with van der Waals surface area (Å²) in [5.74, 6) is 0. The molecule has 0 aliphatic heterocycles. The van der Waals surface area contributed by atoms with Crippen LogP contribution in [0.2, 0.25) is 0 Å². The minimum absolute atomic E-state index is 0.834. The van der Waals surface area contributed by atoms with Gasteiger partial charge in [-0.05, 0) is 13.0 Å². The fraction of sp³-hybridized carbons (Fsp3) is 0.0455. The number of hydrogen-bond acceptors (Lipinski definition) is 4. The molecule has 0 radical (unpaired) electrons. The first kappa shape index (κ1) is 15.9. The molecule has 27 heavy (non-hydrogen) atoms. The second kappa shape index (κ2) is 6.45. The van der Waals surface area contributed by atoms with Crippen LogP contribution in [0.4, 0.5) is 0 Å². The fourth-order valence-corrected chi connectivity index (χ4v) is 4.14. The quantitative estimate of drug-likeness (QED) is 0.423. The Kier molecular flexibility index (Phi) is 3.80. The van der Waals surface area contributed by atoms with Crippen LogP contribution in [0.5, 0.6) is 0 Å². The predicted molar refractivity (Wildman–Crippen MR) is 110 cm³/mol. The molecule has 0 fully saturated rings. The van der Waals surface area contributed by atoms with Crippen molar-refractivity contribution in [1.82, 2.24) is 19.6 Å². The highest BCUT2D eigenvalue weighted by Crippen LogP contribution is 2.34. The Balaban J connectivity index is 1.57. The summed E-state index contributed by atoms with van der Waals surface area (Å²) in [5, 5.41) is 5.65. The van der Waals surface area contributed by atoms with Gasteiger partial charge in [-0.3, -0.25) is 0 Å². The minimum Gasteiger partial charge on any atom is -0.241 e. The van der Waals surface area contributed by atoms with Gasteiger partial charge in [0, 0.05) is 23.4 Å². The maximum atomic E-state index is 4.83. The van der Waals surface area contributed by atoms with E-state index in [1.807, 2.05) is 66.2 Å². The summed E-state index contributed by atoms with van der Waals surface area (Å²) in [6, 6.07) is 24.4. The Morgan fingerprint density at radius 1 is 0.778 bits per heavy atom. The zero-order valence-electron chi connectivity index (χ0n) is 14.7. The van der Waals surface area contributed by atoms with Crippen molar-refractivity contribution in [2.75, 3.05) is 0 Å². The molecule has 5 rings (SSSR count). The smallest absolute Gasteiger partial charge is 0.156 e. The topological polar surface area (TPSA) is 43.1 Å². The lowest BCUT2D eigenvalue weighted by Crippen LogP contribution is -1.91. The van der Waals surface area contributed by atoms with Crippen molar-refractivity contribution in [2.45, 2.75) is 6.92 Å². The second-order valence-electron chi connectivity index (χ2n) is 6.31. The van der Waals surface area contributed by atoms with Gasteiger partial charge in [0.05, 0.1) is 22.0 Å². The predicted octanol–water partition coefficient (Wildman–Crippen LogP) is 5.50. The Morgan fingerprint density at radius 3 is 2.22 bits per heavy atom. The van der Waals surface area contributed by atoms with Crippen molar-refractivity contribution in [3.05, 3.63) is 84.7 Å². The summed E-state index contributed by atoms with van der Waals surface area (Å²) in [6.07, 6.45) is 1.96. The van der Waals surface area contributed by atoms with Crippen LogP contribution in [0, 0.1) is 6.92 Å². The molecule has 0 atom stereocenters. The normalized spacial score (nSPS) is 11.1. The summed E-state index contributed by atoms with van der Waals surface area (Å²) >= 11 is 1.67. The molecule has 3 heterocycles. The maximum absolute atomic E-state index is 4.83. The van der Waals surface area contributed by atoms with Gasteiger partial charge >= 0.3 is 0 Å². The van der Waals surface area contributed by atoms with E-state index in [2.05, 4.69) is 29.4 Å². The second-order valence-corrected chi connectivity index (χ2v) is 7.31. The number of benzene rings is 2. The summed E-state index contributed by atoms with van der Waals surface area (Å²) < 4.78 is 1.82. The average Bonchev–Trinajstić information content (AvgIpc) is 3.32. The van der Waals surface area contributed by atoms with E-state index in [1.165, 1.54) is 0 Å². The number of rotatable bonds is 3. The number of aromatic nitrogens is 4. The van der Waals surface area contributed by atoms with Gasteiger partial charge in [-0.1, -0.05) is 60.7 Å². The molecule has 0 amide bonds. The van der Waals surface area contributed by atoms with Gasteiger partial charge in [0.15, 0.2) is 5.65 Å². The molecule has 130 valence electrons. The molecular formula is C22H16N4S. The highest BCUT2D eigenvalue weighted by atomic mass is 32.1. The molecule has 0 N–H and O–H groups in total. The number of aryl methyl sites for hydroxylation is 1. The van der Waals surface area contributed by atoms with E-state index < -0.39 is 0 Å². The molecule has 3 aromatic heterocycles. The van der Waals surface area contributed by atoms with Crippen molar-refractivity contribution in [3.63, 3.8) is 0 Å². The summed E-state index contributed by atoms with van der Waals surface area (Å²) in [7, 11) is 0. The lowest BCUT2D eigenvalue weighted by Gasteiger charge is -1.98. The zero-order chi connectivity index (χ0) is 18.2. The lowest BCUT2D eigenvalue weighted by molar-refractivity contribution is 0.945. The van der Waals surface area contributed by atoms with Crippen LogP contribution in [-0.2, 0) is 0 Å². The van der Waals surface area contributed by atoms with E-state index in [9.17, 15) is 0 Å². The van der Waals surface area contributed by atoms with Crippen LogP contribution < -0.4 is 0 Å². The van der Waals surface area contributed by atoms with Gasteiger partial charge in [-0.2, -0.15) is 5.10 Å². The van der Waals surface area contributed by atoms with Crippen molar-refractivity contribution < 1.29 is 0 Å². The third-order valence-corrected chi connectivity index (χ3v) is 5.67. The van der Waals surface area contributed by atoms with E-state index in [1.54, 1.807) is 11.3 Å². The van der Waals surface area contributed by atoms with Crippen LogP contribution in [0.3, 0.4) is 0 Å². The largest absolute Gasteiger partial charge is 0.241 e. The molecule has 0 saturated carbocycles. The van der Waals surface area contributed by atoms with Crippen LogP contribution in [-0.4, -0.2) is 19.6 Å². The molecule has 2 aromatic carbocycles. The van der Waals surface area contributed by atoms with E-state index >= 15 is 0 Å². The van der Waals surface area contributed by atoms with E-state index in [0.29, 0.717) is 0 Å². The summed E-state index contributed by atoms with van der Waals surface area (Å²) in [4.78, 5) is 10.7. The van der Waals surface area contributed by atoms with Crippen LogP contribution >= 0.6 is 11.3 Å². The number of thiazole rings is 1. The zero-order valence-corrected chi connectivity index (χ0v) is 15.5. The van der Waals surface area contributed by atoms with Crippen molar-refractivity contribution in [1.29, 1.82) is 0 Å². The highest BCUT2D eigenvalue weighted by Gasteiger charge is 2.14. The molecule has 0 saturated heterocycles. The lowest BCUT2D eigenvalue weighted by atomic mass is 10.2. The fourth-order valence-electron chi connectivity index (χ4n) is 3.09. The molecule has 5 aromatic rings. The van der Waals surface area contributed by atoms with Crippen molar-refractivity contribution >= 4 is 17.0 Å². The summed E-state index contributed by atoms with van der Waals surface area (Å²) in [5.41, 5.74) is 5.91. The van der Waals surface area contributed by atoms with E-state index in [0.717, 1.165) is 43.7 Å². The molecule has 5 heteroatoms. The minimum atomic E-state index is 0.834.